The van der Waals surface area contributed by atoms with Crippen molar-refractivity contribution >= 4 is 5.69 Å². The molecule has 0 aliphatic rings. The number of hydrogen-bond donors (Lipinski definition) is 1. The minimum Gasteiger partial charge on any atom is -0.495 e. The van der Waals surface area contributed by atoms with Crippen molar-refractivity contribution in [1.82, 2.24) is 0 Å². The summed E-state index contributed by atoms with van der Waals surface area (Å²) in [6.45, 7) is 4.67. The maximum Gasteiger partial charge on any atom is 0.142 e. The van der Waals surface area contributed by atoms with E-state index in [1.54, 1.807) is 7.11 Å². The van der Waals surface area contributed by atoms with Gasteiger partial charge in [0.05, 0.1) is 12.8 Å². The molecule has 0 spiro atoms. The van der Waals surface area contributed by atoms with Gasteiger partial charge in [0.1, 0.15) is 5.75 Å². The van der Waals surface area contributed by atoms with Crippen LogP contribution in [0.5, 0.6) is 5.75 Å². The summed E-state index contributed by atoms with van der Waals surface area (Å²) < 4.78 is 5.31. The highest BCUT2D eigenvalue weighted by Crippen LogP contribution is 2.27. The van der Waals surface area contributed by atoms with Crippen LogP contribution in [-0.4, -0.2) is 27.7 Å². The van der Waals surface area contributed by atoms with Crippen molar-refractivity contribution in [2.75, 3.05) is 32.6 Å². The van der Waals surface area contributed by atoms with Crippen molar-refractivity contribution in [2.45, 2.75) is 20.3 Å². The maximum absolute atomic E-state index is 5.50. The fourth-order valence-corrected chi connectivity index (χ4v) is 1.41. The van der Waals surface area contributed by atoms with Crippen LogP contribution in [0.1, 0.15) is 19.4 Å². The topological polar surface area (TPSA) is 38.5 Å². The molecule has 92 valence electrons. The molecule has 1 rings (SSSR count). The Balaban J connectivity index is 0.00000106. The maximum atomic E-state index is 5.50. The van der Waals surface area contributed by atoms with Crippen LogP contribution in [0, 0.1) is 0 Å². The smallest absolute Gasteiger partial charge is 0.142 e. The first kappa shape index (κ1) is 14.8. The monoisotopic (exact) mass is 224 g/mol. The number of anilines is 1. The molecule has 0 fully saturated rings. The summed E-state index contributed by atoms with van der Waals surface area (Å²) in [5.74, 6) is 0.904. The van der Waals surface area contributed by atoms with Gasteiger partial charge in [-0.3, -0.25) is 0 Å². The fraction of sp³-hybridized carbons (Fsp3) is 0.538. The third kappa shape index (κ3) is 4.11. The predicted molar refractivity (Wildman–Crippen MR) is 71.4 cm³/mol. The standard InChI is InChI=1S/C11H18N2O.C2H6/c1-13(2)10-5-4-9(6-7-12)8-11(10)14-3;1-2/h4-5,8H,6-7,12H2,1-3H3;1-2H3. The fourth-order valence-electron chi connectivity index (χ4n) is 1.41. The molecule has 0 atom stereocenters. The van der Waals surface area contributed by atoms with Gasteiger partial charge >= 0.3 is 0 Å². The summed E-state index contributed by atoms with van der Waals surface area (Å²) in [6.07, 6.45) is 0.893. The lowest BCUT2D eigenvalue weighted by atomic mass is 10.1. The molecule has 2 N–H and O–H groups in total. The quantitative estimate of drug-likeness (QED) is 0.852. The second-order valence-corrected chi connectivity index (χ2v) is 3.44. The zero-order valence-electron chi connectivity index (χ0n) is 11.1. The van der Waals surface area contributed by atoms with Crippen LogP contribution < -0.4 is 15.4 Å². The highest BCUT2D eigenvalue weighted by atomic mass is 16.5. The molecule has 0 aromatic heterocycles. The van der Waals surface area contributed by atoms with E-state index in [-0.39, 0.29) is 0 Å². The summed E-state index contributed by atoms with van der Waals surface area (Å²) in [4.78, 5) is 2.03. The van der Waals surface area contributed by atoms with Gasteiger partial charge in [-0.25, -0.2) is 0 Å². The first-order valence-electron chi connectivity index (χ1n) is 5.73. The molecular weight excluding hydrogens is 200 g/mol. The average molecular weight is 224 g/mol. The molecule has 1 aromatic carbocycles. The van der Waals surface area contributed by atoms with Crippen molar-refractivity contribution < 1.29 is 4.74 Å². The number of nitrogens with two attached hydrogens (primary N) is 1. The predicted octanol–water partition coefficient (Wildman–Crippen LogP) is 2.29. The summed E-state index contributed by atoms with van der Waals surface area (Å²) in [7, 11) is 5.69. The lowest BCUT2D eigenvalue weighted by molar-refractivity contribution is 0.415. The van der Waals surface area contributed by atoms with Gasteiger partial charge in [-0.2, -0.15) is 0 Å². The van der Waals surface area contributed by atoms with Crippen LogP contribution >= 0.6 is 0 Å². The van der Waals surface area contributed by atoms with Gasteiger partial charge in [-0.1, -0.05) is 19.9 Å². The molecule has 0 radical (unpaired) electrons. The molecule has 0 unspecified atom stereocenters. The molecule has 0 saturated carbocycles. The minimum atomic E-state index is 0.671. The number of nitrogens with zero attached hydrogens (tertiary/aromatic N) is 1. The third-order valence-electron chi connectivity index (χ3n) is 2.16. The van der Waals surface area contributed by atoms with Crippen LogP contribution in [0.25, 0.3) is 0 Å². The van der Waals surface area contributed by atoms with E-state index in [0.717, 1.165) is 17.9 Å². The Labute approximate surface area is 99.2 Å². The molecule has 0 aliphatic heterocycles. The Hall–Kier alpha value is -1.22. The third-order valence-corrected chi connectivity index (χ3v) is 2.16. The van der Waals surface area contributed by atoms with Crippen molar-refractivity contribution in [3.05, 3.63) is 23.8 Å². The van der Waals surface area contributed by atoms with E-state index >= 15 is 0 Å². The molecule has 0 amide bonds. The molecule has 0 heterocycles. The van der Waals surface area contributed by atoms with Crippen molar-refractivity contribution in [1.29, 1.82) is 0 Å². The van der Waals surface area contributed by atoms with Gasteiger partial charge in [0.25, 0.3) is 0 Å². The average Bonchev–Trinajstić information content (AvgIpc) is 2.31. The largest absolute Gasteiger partial charge is 0.495 e. The second kappa shape index (κ2) is 7.99. The summed E-state index contributed by atoms with van der Waals surface area (Å²) in [5, 5.41) is 0. The normalized spacial score (nSPS) is 9.12. The first-order valence-corrected chi connectivity index (χ1v) is 5.73. The van der Waals surface area contributed by atoms with Crippen molar-refractivity contribution in [2.24, 2.45) is 5.73 Å². The molecule has 3 nitrogen and oxygen atoms in total. The van der Waals surface area contributed by atoms with Gasteiger partial charge in [0.2, 0.25) is 0 Å². The SMILES string of the molecule is CC.COc1cc(CCN)ccc1N(C)C. The number of hydrogen-bond acceptors (Lipinski definition) is 3. The summed E-state index contributed by atoms with van der Waals surface area (Å²) in [6, 6.07) is 6.19. The van der Waals surface area contributed by atoms with Crippen LogP contribution in [0.15, 0.2) is 18.2 Å². The molecule has 0 aliphatic carbocycles. The van der Waals surface area contributed by atoms with Crippen LogP contribution in [0.3, 0.4) is 0 Å². The van der Waals surface area contributed by atoms with Crippen LogP contribution in [0.4, 0.5) is 5.69 Å². The summed E-state index contributed by atoms with van der Waals surface area (Å²) >= 11 is 0. The van der Waals surface area contributed by atoms with E-state index in [0.29, 0.717) is 6.54 Å². The van der Waals surface area contributed by atoms with E-state index in [1.165, 1.54) is 5.56 Å². The summed E-state index contributed by atoms with van der Waals surface area (Å²) in [5.41, 5.74) is 7.81. The molecule has 16 heavy (non-hydrogen) atoms. The van der Waals surface area contributed by atoms with Crippen molar-refractivity contribution in [3.8, 4) is 5.75 Å². The Morgan fingerprint density at radius 3 is 2.31 bits per heavy atom. The molecule has 1 aromatic rings. The number of rotatable bonds is 4. The van der Waals surface area contributed by atoms with E-state index in [2.05, 4.69) is 12.1 Å². The Morgan fingerprint density at radius 1 is 1.25 bits per heavy atom. The highest BCUT2D eigenvalue weighted by Gasteiger charge is 2.05. The molecule has 0 saturated heterocycles. The van der Waals surface area contributed by atoms with Gasteiger partial charge < -0.3 is 15.4 Å². The Bertz CT molecular complexity index is 298. The Kier molecular flexibility index (Phi) is 7.38. The van der Waals surface area contributed by atoms with Crippen molar-refractivity contribution in [3.63, 3.8) is 0 Å². The molecule has 0 bridgehead atoms. The number of benzene rings is 1. The van der Waals surface area contributed by atoms with Crippen LogP contribution in [-0.2, 0) is 6.42 Å². The lowest BCUT2D eigenvalue weighted by Crippen LogP contribution is -2.10. The van der Waals surface area contributed by atoms with E-state index < -0.39 is 0 Å². The molecule has 3 heteroatoms. The minimum absolute atomic E-state index is 0.671. The zero-order chi connectivity index (χ0) is 12.6. The Morgan fingerprint density at radius 2 is 1.88 bits per heavy atom. The molecular formula is C13H24N2O. The number of methoxy groups -OCH3 is 1. The number of ether oxygens (including phenoxy) is 1. The highest BCUT2D eigenvalue weighted by molar-refractivity contribution is 5.58. The first-order chi connectivity index (χ1) is 7.69. The van der Waals surface area contributed by atoms with E-state index in [4.69, 9.17) is 10.5 Å². The van der Waals surface area contributed by atoms with Crippen LogP contribution in [0.2, 0.25) is 0 Å². The lowest BCUT2D eigenvalue weighted by Gasteiger charge is -2.17. The van der Waals surface area contributed by atoms with Gasteiger partial charge in [-0.15, -0.1) is 0 Å². The van der Waals surface area contributed by atoms with E-state index in [1.807, 2.05) is 38.9 Å². The van der Waals surface area contributed by atoms with Gasteiger partial charge in [0, 0.05) is 14.1 Å². The second-order valence-electron chi connectivity index (χ2n) is 3.44. The van der Waals surface area contributed by atoms with Gasteiger partial charge in [-0.05, 0) is 30.7 Å². The van der Waals surface area contributed by atoms with E-state index in [9.17, 15) is 0 Å². The van der Waals surface area contributed by atoms with Gasteiger partial charge in [0.15, 0.2) is 0 Å². The zero-order valence-corrected chi connectivity index (χ0v) is 11.1.